The van der Waals surface area contributed by atoms with Crippen molar-refractivity contribution in [1.82, 2.24) is 0 Å². The number of carboxylic acids is 1. The van der Waals surface area contributed by atoms with E-state index in [1.54, 1.807) is 6.07 Å². The van der Waals surface area contributed by atoms with Gasteiger partial charge in [0.05, 0.1) is 22.8 Å². The number of hydrogen-bond donors (Lipinski definition) is 2. The summed E-state index contributed by atoms with van der Waals surface area (Å²) >= 11 is 6.12. The largest absolute Gasteiger partial charge is 0.482 e. The third kappa shape index (κ3) is 8.72. The zero-order chi connectivity index (χ0) is 27.9. The Morgan fingerprint density at radius 2 is 1.87 bits per heavy atom. The molecule has 0 heterocycles. The maximum atomic E-state index is 12.8. The monoisotopic (exact) mass is 554 g/mol. The first-order valence-corrected chi connectivity index (χ1v) is 13.7. The molecule has 0 spiro atoms. The quantitative estimate of drug-likeness (QED) is 0.274. The fraction of sp³-hybridized carbons (Fsp3) is 0.552. The lowest BCUT2D eigenvalue weighted by molar-refractivity contribution is -0.153. The lowest BCUT2D eigenvalue weighted by Crippen LogP contribution is -2.39. The van der Waals surface area contributed by atoms with E-state index in [2.05, 4.69) is 30.1 Å². The minimum Gasteiger partial charge on any atom is -0.482 e. The third-order valence-electron chi connectivity index (χ3n) is 6.89. The number of aliphatic carboxylic acids is 1. The molecule has 3 rings (SSSR count). The summed E-state index contributed by atoms with van der Waals surface area (Å²) in [6.45, 7) is 5.74. The molecule has 1 fully saturated rings. The lowest BCUT2D eigenvalue weighted by Gasteiger charge is -2.39. The number of rotatable bonds is 12. The first-order chi connectivity index (χ1) is 18.0. The molecule has 0 radical (unpaired) electrons. The number of carboxylic acid groups (broad SMARTS) is 1. The summed E-state index contributed by atoms with van der Waals surface area (Å²) in [6, 6.07) is 11.1. The van der Waals surface area contributed by atoms with E-state index < -0.39 is 18.8 Å². The maximum Gasteiger partial charge on any atom is 0.422 e. The molecule has 0 saturated heterocycles. The van der Waals surface area contributed by atoms with E-state index in [-0.39, 0.29) is 23.1 Å². The number of nitrogens with one attached hydrogen (secondary N) is 1. The molecule has 9 heteroatoms. The number of ether oxygens (including phenoxy) is 1. The van der Waals surface area contributed by atoms with Crippen LogP contribution in [0.3, 0.4) is 0 Å². The van der Waals surface area contributed by atoms with Gasteiger partial charge in [-0.1, -0.05) is 57.7 Å². The predicted octanol–water partition coefficient (Wildman–Crippen LogP) is 8.79. The van der Waals surface area contributed by atoms with Crippen LogP contribution in [0.15, 0.2) is 36.4 Å². The van der Waals surface area contributed by atoms with Gasteiger partial charge in [-0.25, -0.2) is 0 Å². The van der Waals surface area contributed by atoms with E-state index in [1.807, 2.05) is 19.1 Å². The second-order valence-electron chi connectivity index (χ2n) is 10.5. The van der Waals surface area contributed by atoms with Gasteiger partial charge in [-0.2, -0.15) is 13.2 Å². The minimum absolute atomic E-state index is 0.0179. The minimum atomic E-state index is -4.48. The summed E-state index contributed by atoms with van der Waals surface area (Å²) in [5, 5.41) is 12.9. The van der Waals surface area contributed by atoms with Crippen LogP contribution in [0, 0.1) is 5.92 Å². The highest BCUT2D eigenvalue weighted by molar-refractivity contribution is 6.32. The second-order valence-corrected chi connectivity index (χ2v) is 10.9. The van der Waals surface area contributed by atoms with Crippen LogP contribution < -0.4 is 15.0 Å². The molecule has 1 saturated carbocycles. The summed E-state index contributed by atoms with van der Waals surface area (Å²) in [5.74, 6) is -0.664. The number of nitrogens with zero attached hydrogens (tertiary/aromatic N) is 1. The van der Waals surface area contributed by atoms with Crippen LogP contribution in [0.2, 0.25) is 5.02 Å². The molecule has 1 unspecified atom stereocenters. The number of halogens is 4. The van der Waals surface area contributed by atoms with Crippen molar-refractivity contribution in [2.24, 2.45) is 5.92 Å². The van der Waals surface area contributed by atoms with Gasteiger partial charge < -0.3 is 20.1 Å². The molecule has 1 aliphatic carbocycles. The fourth-order valence-electron chi connectivity index (χ4n) is 5.10. The average Bonchev–Trinajstić information content (AvgIpc) is 2.86. The zero-order valence-electron chi connectivity index (χ0n) is 22.3. The van der Waals surface area contributed by atoms with Gasteiger partial charge in [0.1, 0.15) is 5.75 Å². The van der Waals surface area contributed by atoms with Gasteiger partial charge in [-0.05, 0) is 60.9 Å². The standard InChI is InChI=1S/C29H38ClF3N2O3/c1-4-20(15-28(36)37)21-10-13-26(35(17-19(2)3)23-8-6-5-7-9-23)25(14-21)34-22-11-12-24(30)27(16-22)38-18-29(31,32)33/h10-14,16,19-20,23,34H,4-9,15,17-18H2,1-3H3,(H,36,37). The van der Waals surface area contributed by atoms with Crippen LogP contribution in [-0.2, 0) is 4.79 Å². The molecular weight excluding hydrogens is 517 g/mol. The van der Waals surface area contributed by atoms with E-state index in [4.69, 9.17) is 16.3 Å². The zero-order valence-corrected chi connectivity index (χ0v) is 23.0. The molecule has 38 heavy (non-hydrogen) atoms. The van der Waals surface area contributed by atoms with E-state index in [0.29, 0.717) is 24.1 Å². The van der Waals surface area contributed by atoms with Crippen molar-refractivity contribution in [3.05, 3.63) is 47.0 Å². The van der Waals surface area contributed by atoms with Crippen molar-refractivity contribution >= 4 is 34.6 Å². The van der Waals surface area contributed by atoms with Crippen LogP contribution in [-0.4, -0.2) is 36.4 Å². The van der Waals surface area contributed by atoms with Crippen molar-refractivity contribution in [1.29, 1.82) is 0 Å². The van der Waals surface area contributed by atoms with Gasteiger partial charge in [0.25, 0.3) is 0 Å². The number of hydrogen-bond acceptors (Lipinski definition) is 4. The van der Waals surface area contributed by atoms with Gasteiger partial charge in [-0.3, -0.25) is 4.79 Å². The summed E-state index contributed by atoms with van der Waals surface area (Å²) in [6.07, 6.45) is 1.98. The highest BCUT2D eigenvalue weighted by atomic mass is 35.5. The van der Waals surface area contributed by atoms with Gasteiger partial charge in [-0.15, -0.1) is 0 Å². The Morgan fingerprint density at radius 3 is 2.47 bits per heavy atom. The van der Waals surface area contributed by atoms with E-state index in [9.17, 15) is 23.1 Å². The topological polar surface area (TPSA) is 61.8 Å². The highest BCUT2D eigenvalue weighted by Gasteiger charge is 2.29. The van der Waals surface area contributed by atoms with Crippen LogP contribution in [0.1, 0.15) is 77.2 Å². The molecule has 1 aliphatic rings. The Balaban J connectivity index is 2.03. The molecule has 2 aromatic rings. The molecule has 0 amide bonds. The number of anilines is 3. The Kier molecular flexibility index (Phi) is 10.6. The van der Waals surface area contributed by atoms with Gasteiger partial charge in [0.2, 0.25) is 0 Å². The van der Waals surface area contributed by atoms with Crippen molar-refractivity contribution < 1.29 is 27.8 Å². The van der Waals surface area contributed by atoms with Crippen LogP contribution >= 0.6 is 11.6 Å². The molecule has 2 aromatic carbocycles. The average molecular weight is 555 g/mol. The normalized spacial score (nSPS) is 15.4. The highest BCUT2D eigenvalue weighted by Crippen LogP contribution is 2.39. The van der Waals surface area contributed by atoms with Gasteiger partial charge in [0, 0.05) is 24.3 Å². The van der Waals surface area contributed by atoms with E-state index >= 15 is 0 Å². The summed E-state index contributed by atoms with van der Waals surface area (Å²) in [5.41, 5.74) is 3.20. The second kappa shape index (κ2) is 13.5. The summed E-state index contributed by atoms with van der Waals surface area (Å²) in [4.78, 5) is 13.9. The molecule has 210 valence electrons. The summed E-state index contributed by atoms with van der Waals surface area (Å²) in [7, 11) is 0. The number of alkyl halides is 3. The molecular formula is C29H38ClF3N2O3. The Hall–Kier alpha value is -2.61. The molecule has 0 aromatic heterocycles. The Labute approximate surface area is 228 Å². The van der Waals surface area contributed by atoms with Gasteiger partial charge >= 0.3 is 12.1 Å². The predicted molar refractivity (Wildman–Crippen MR) is 147 cm³/mol. The van der Waals surface area contributed by atoms with Crippen molar-refractivity contribution in [2.45, 2.75) is 83.9 Å². The Morgan fingerprint density at radius 1 is 1.16 bits per heavy atom. The van der Waals surface area contributed by atoms with Crippen molar-refractivity contribution in [2.75, 3.05) is 23.4 Å². The molecule has 2 N–H and O–H groups in total. The maximum absolute atomic E-state index is 12.8. The van der Waals surface area contributed by atoms with Crippen molar-refractivity contribution in [3.63, 3.8) is 0 Å². The van der Waals surface area contributed by atoms with E-state index in [0.717, 1.165) is 36.3 Å². The first-order valence-electron chi connectivity index (χ1n) is 13.3. The SMILES string of the molecule is CCC(CC(=O)O)c1ccc(N(CC(C)C)C2CCCCC2)c(Nc2ccc(Cl)c(OCC(F)(F)F)c2)c1. The van der Waals surface area contributed by atoms with E-state index in [1.165, 1.54) is 31.4 Å². The van der Waals surface area contributed by atoms with Crippen LogP contribution in [0.4, 0.5) is 30.2 Å². The van der Waals surface area contributed by atoms with Crippen molar-refractivity contribution in [3.8, 4) is 5.75 Å². The third-order valence-corrected chi connectivity index (χ3v) is 7.21. The van der Waals surface area contributed by atoms with Crippen LogP contribution in [0.25, 0.3) is 0 Å². The van der Waals surface area contributed by atoms with Gasteiger partial charge in [0.15, 0.2) is 6.61 Å². The Bertz CT molecular complexity index is 1070. The molecule has 0 bridgehead atoms. The number of carbonyl (C=O) groups is 1. The molecule has 0 aliphatic heterocycles. The summed E-state index contributed by atoms with van der Waals surface area (Å²) < 4.78 is 43.2. The number of benzene rings is 2. The smallest absolute Gasteiger partial charge is 0.422 e. The van der Waals surface area contributed by atoms with Crippen LogP contribution in [0.5, 0.6) is 5.75 Å². The lowest BCUT2D eigenvalue weighted by atomic mass is 9.90. The molecule has 1 atom stereocenters. The molecule has 5 nitrogen and oxygen atoms in total. The fourth-order valence-corrected chi connectivity index (χ4v) is 5.28. The first kappa shape index (κ1) is 29.9.